The Labute approximate surface area is 191 Å². The number of nitrogens with zero attached hydrogens (tertiary/aromatic N) is 4. The van der Waals surface area contributed by atoms with E-state index in [1.807, 2.05) is 36.4 Å². The molecule has 3 rings (SSSR count). The number of hydrogen-bond donors (Lipinski definition) is 1. The molecule has 30 heavy (non-hydrogen) atoms. The zero-order valence-electron chi connectivity index (χ0n) is 15.1. The zero-order chi connectivity index (χ0) is 21.7. The van der Waals surface area contributed by atoms with Gasteiger partial charge in [0.15, 0.2) is 5.69 Å². The van der Waals surface area contributed by atoms with Crippen LogP contribution < -0.4 is 5.32 Å². The SMILES string of the molecule is O=[N+]([O-])c1cc(Br)c(N=Nc2sc(NCCBr)cc2-c2ccccc2)c([N+](=O)[O-])c1. The number of nitro groups is 2. The number of azo groups is 1. The fourth-order valence-corrected chi connectivity index (χ4v) is 4.19. The van der Waals surface area contributed by atoms with Gasteiger partial charge in [-0.2, -0.15) is 0 Å². The zero-order valence-corrected chi connectivity index (χ0v) is 19.1. The normalized spacial score (nSPS) is 11.0. The third-order valence-corrected chi connectivity index (χ3v) is 5.85. The number of halogens is 2. The molecule has 1 heterocycles. The molecule has 12 heteroatoms. The van der Waals surface area contributed by atoms with Gasteiger partial charge in [0.25, 0.3) is 5.69 Å². The van der Waals surface area contributed by atoms with Crippen LogP contribution in [0.3, 0.4) is 0 Å². The van der Waals surface area contributed by atoms with Crippen molar-refractivity contribution in [3.63, 3.8) is 0 Å². The quantitative estimate of drug-likeness (QED) is 0.136. The van der Waals surface area contributed by atoms with Crippen LogP contribution in [0.4, 0.5) is 27.1 Å². The van der Waals surface area contributed by atoms with Gasteiger partial charge in [0.05, 0.1) is 25.4 Å². The molecule has 2 aromatic carbocycles. The van der Waals surface area contributed by atoms with E-state index in [1.165, 1.54) is 11.3 Å². The second-order valence-corrected chi connectivity index (χ2v) is 8.50. The summed E-state index contributed by atoms with van der Waals surface area (Å²) in [6, 6.07) is 13.5. The summed E-state index contributed by atoms with van der Waals surface area (Å²) in [5, 5.41) is 36.2. The number of thiophene rings is 1. The minimum Gasteiger partial charge on any atom is -0.376 e. The first-order valence-electron chi connectivity index (χ1n) is 8.44. The van der Waals surface area contributed by atoms with Gasteiger partial charge < -0.3 is 5.32 Å². The molecule has 0 radical (unpaired) electrons. The van der Waals surface area contributed by atoms with E-state index < -0.39 is 21.2 Å². The van der Waals surface area contributed by atoms with Gasteiger partial charge in [-0.05, 0) is 27.6 Å². The predicted octanol–water partition coefficient (Wildman–Crippen LogP) is 7.22. The Morgan fingerprint density at radius 1 is 1.03 bits per heavy atom. The van der Waals surface area contributed by atoms with Crippen molar-refractivity contribution < 1.29 is 9.85 Å². The van der Waals surface area contributed by atoms with Gasteiger partial charge in [-0.25, -0.2) is 0 Å². The first-order chi connectivity index (χ1) is 14.4. The largest absolute Gasteiger partial charge is 0.376 e. The van der Waals surface area contributed by atoms with Crippen LogP contribution in [0.2, 0.25) is 0 Å². The van der Waals surface area contributed by atoms with E-state index in [9.17, 15) is 20.2 Å². The van der Waals surface area contributed by atoms with Crippen LogP contribution in [-0.2, 0) is 0 Å². The van der Waals surface area contributed by atoms with E-state index in [2.05, 4.69) is 47.4 Å². The monoisotopic (exact) mass is 553 g/mol. The number of non-ortho nitro benzene ring substituents is 1. The second-order valence-electron chi connectivity index (χ2n) is 5.82. The molecule has 0 saturated carbocycles. The summed E-state index contributed by atoms with van der Waals surface area (Å²) in [5.74, 6) is 0. The molecule has 0 aliphatic heterocycles. The van der Waals surface area contributed by atoms with Gasteiger partial charge in [0, 0.05) is 23.5 Å². The lowest BCUT2D eigenvalue weighted by atomic mass is 10.1. The molecule has 0 amide bonds. The Kier molecular flexibility index (Phi) is 7.24. The number of nitrogens with one attached hydrogen (secondary N) is 1. The molecule has 0 aliphatic rings. The highest BCUT2D eigenvalue weighted by molar-refractivity contribution is 9.10. The number of nitro benzene ring substituents is 2. The van der Waals surface area contributed by atoms with Gasteiger partial charge in [-0.1, -0.05) is 57.6 Å². The molecule has 0 spiro atoms. The van der Waals surface area contributed by atoms with E-state index in [1.54, 1.807) is 0 Å². The molecule has 154 valence electrons. The standard InChI is InChI=1S/C18H13Br2N5O4S/c19-6-7-21-16-10-13(11-4-2-1-3-5-11)18(30-16)23-22-17-14(20)8-12(24(26)27)9-15(17)25(28)29/h1-5,8-10,21H,6-7H2. The van der Waals surface area contributed by atoms with Crippen LogP contribution in [0.25, 0.3) is 11.1 Å². The van der Waals surface area contributed by atoms with Crippen LogP contribution in [-0.4, -0.2) is 21.7 Å². The molecule has 1 N–H and O–H groups in total. The van der Waals surface area contributed by atoms with Crippen molar-refractivity contribution in [2.75, 3.05) is 17.2 Å². The molecule has 0 aliphatic carbocycles. The summed E-state index contributed by atoms with van der Waals surface area (Å²) in [5.41, 5.74) is 0.743. The number of rotatable bonds is 8. The van der Waals surface area contributed by atoms with Crippen molar-refractivity contribution in [1.82, 2.24) is 0 Å². The maximum atomic E-state index is 11.4. The molecule has 9 nitrogen and oxygen atoms in total. The van der Waals surface area contributed by atoms with Crippen molar-refractivity contribution >= 4 is 70.3 Å². The Bertz CT molecular complexity index is 1120. The van der Waals surface area contributed by atoms with Crippen LogP contribution in [0.15, 0.2) is 63.2 Å². The molecule has 0 unspecified atom stereocenters. The fraction of sp³-hybridized carbons (Fsp3) is 0.111. The van der Waals surface area contributed by atoms with Crippen molar-refractivity contribution in [2.24, 2.45) is 10.2 Å². The Morgan fingerprint density at radius 2 is 1.77 bits per heavy atom. The van der Waals surface area contributed by atoms with Crippen LogP contribution >= 0.6 is 43.2 Å². The highest BCUT2D eigenvalue weighted by Crippen LogP contribution is 2.44. The number of alkyl halides is 1. The minimum atomic E-state index is -0.721. The van der Waals surface area contributed by atoms with E-state index >= 15 is 0 Å². The summed E-state index contributed by atoms with van der Waals surface area (Å²) >= 11 is 7.86. The summed E-state index contributed by atoms with van der Waals surface area (Å²) in [6.07, 6.45) is 0. The molecular formula is C18H13Br2N5O4S. The Balaban J connectivity index is 2.06. The Hall–Kier alpha value is -2.70. The summed E-state index contributed by atoms with van der Waals surface area (Å²) in [7, 11) is 0. The van der Waals surface area contributed by atoms with E-state index in [0.29, 0.717) is 11.5 Å². The molecular weight excluding hydrogens is 542 g/mol. The van der Waals surface area contributed by atoms with Gasteiger partial charge in [-0.3, -0.25) is 20.2 Å². The highest BCUT2D eigenvalue weighted by Gasteiger charge is 2.23. The third-order valence-electron chi connectivity index (χ3n) is 3.87. The summed E-state index contributed by atoms with van der Waals surface area (Å²) in [4.78, 5) is 21.0. The van der Waals surface area contributed by atoms with Gasteiger partial charge in [0.2, 0.25) is 0 Å². The summed E-state index contributed by atoms with van der Waals surface area (Å²) in [6.45, 7) is 0.713. The van der Waals surface area contributed by atoms with Crippen LogP contribution in [0, 0.1) is 20.2 Å². The molecule has 3 aromatic rings. The lowest BCUT2D eigenvalue weighted by molar-refractivity contribution is -0.393. The number of benzene rings is 2. The van der Waals surface area contributed by atoms with E-state index in [-0.39, 0.29) is 10.2 Å². The van der Waals surface area contributed by atoms with Crippen molar-refractivity contribution in [2.45, 2.75) is 0 Å². The van der Waals surface area contributed by atoms with Crippen molar-refractivity contribution in [1.29, 1.82) is 0 Å². The lowest BCUT2D eigenvalue weighted by Gasteiger charge is -2.01. The predicted molar refractivity (Wildman–Crippen MR) is 124 cm³/mol. The average molecular weight is 555 g/mol. The van der Waals surface area contributed by atoms with Crippen molar-refractivity contribution in [3.05, 3.63) is 73.2 Å². The molecule has 0 atom stereocenters. The second kappa shape index (κ2) is 9.87. The minimum absolute atomic E-state index is 0.0898. The van der Waals surface area contributed by atoms with Crippen LogP contribution in [0.1, 0.15) is 0 Å². The van der Waals surface area contributed by atoms with Crippen molar-refractivity contribution in [3.8, 4) is 11.1 Å². The lowest BCUT2D eigenvalue weighted by Crippen LogP contribution is -1.99. The third kappa shape index (κ3) is 5.07. The number of hydrogen-bond acceptors (Lipinski definition) is 8. The Morgan fingerprint density at radius 3 is 2.40 bits per heavy atom. The molecule has 0 bridgehead atoms. The van der Waals surface area contributed by atoms with Gasteiger partial charge >= 0.3 is 5.69 Å². The molecule has 0 fully saturated rings. The average Bonchev–Trinajstić information content (AvgIpc) is 3.14. The molecule has 0 saturated heterocycles. The topological polar surface area (TPSA) is 123 Å². The smallest absolute Gasteiger partial charge is 0.304 e. The first-order valence-corrected chi connectivity index (χ1v) is 11.2. The highest BCUT2D eigenvalue weighted by atomic mass is 79.9. The van der Waals surface area contributed by atoms with Gasteiger partial charge in [-0.15, -0.1) is 10.2 Å². The first kappa shape index (κ1) is 22.0. The molecule has 1 aromatic heterocycles. The fourth-order valence-electron chi connectivity index (χ4n) is 2.55. The van der Waals surface area contributed by atoms with Gasteiger partial charge in [0.1, 0.15) is 5.00 Å². The maximum Gasteiger partial charge on any atom is 0.304 e. The number of anilines is 1. The maximum absolute atomic E-state index is 11.4. The van der Waals surface area contributed by atoms with E-state index in [0.717, 1.165) is 33.6 Å². The summed E-state index contributed by atoms with van der Waals surface area (Å²) < 4.78 is 0.114. The van der Waals surface area contributed by atoms with Crippen LogP contribution in [0.5, 0.6) is 0 Å². The van der Waals surface area contributed by atoms with E-state index in [4.69, 9.17) is 0 Å².